The monoisotopic (exact) mass is 310 g/mol. The largest absolute Gasteiger partial charge is 0.296 e. The van der Waals surface area contributed by atoms with E-state index < -0.39 is 0 Å². The zero-order chi connectivity index (χ0) is 15.5. The van der Waals surface area contributed by atoms with E-state index in [1.165, 1.54) is 11.1 Å². The Balaban J connectivity index is 1.99. The van der Waals surface area contributed by atoms with E-state index in [2.05, 4.69) is 36.3 Å². The molecule has 0 fully saturated rings. The van der Waals surface area contributed by atoms with Crippen LogP contribution in [0.25, 0.3) is 5.69 Å². The van der Waals surface area contributed by atoms with Gasteiger partial charge in [-0.15, -0.1) is 0 Å². The fourth-order valence-electron chi connectivity index (χ4n) is 2.34. The van der Waals surface area contributed by atoms with Crippen LogP contribution in [-0.4, -0.2) is 16.1 Å². The van der Waals surface area contributed by atoms with E-state index in [4.69, 9.17) is 11.6 Å². The number of aryl methyl sites for hydroxylation is 1. The maximum absolute atomic E-state index is 11.1. The van der Waals surface area contributed by atoms with Gasteiger partial charge in [0.25, 0.3) is 0 Å². The van der Waals surface area contributed by atoms with Crippen molar-refractivity contribution in [2.45, 2.75) is 13.3 Å². The van der Waals surface area contributed by atoms with Crippen molar-refractivity contribution in [3.63, 3.8) is 0 Å². The Kier molecular flexibility index (Phi) is 4.07. The summed E-state index contributed by atoms with van der Waals surface area (Å²) in [6.45, 7) is 2.06. The molecule has 3 aromatic rings. The fraction of sp³-hybridized carbons (Fsp3) is 0.111. The van der Waals surface area contributed by atoms with Crippen molar-refractivity contribution in [3.05, 3.63) is 82.1 Å². The van der Waals surface area contributed by atoms with Crippen molar-refractivity contribution in [2.75, 3.05) is 0 Å². The second kappa shape index (κ2) is 6.16. The van der Waals surface area contributed by atoms with Gasteiger partial charge in [-0.05, 0) is 42.8 Å². The number of benzene rings is 2. The van der Waals surface area contributed by atoms with Gasteiger partial charge in [-0.1, -0.05) is 41.4 Å². The molecule has 3 nitrogen and oxygen atoms in total. The molecule has 0 spiro atoms. The highest BCUT2D eigenvalue weighted by atomic mass is 35.5. The molecule has 110 valence electrons. The highest BCUT2D eigenvalue weighted by Crippen LogP contribution is 2.18. The Morgan fingerprint density at radius 1 is 1.09 bits per heavy atom. The van der Waals surface area contributed by atoms with Crippen LogP contribution >= 0.6 is 11.6 Å². The Bertz CT molecular complexity index is 789. The lowest BCUT2D eigenvalue weighted by molar-refractivity contribution is 0.111. The number of carbonyl (C=O) groups is 1. The van der Waals surface area contributed by atoms with E-state index >= 15 is 0 Å². The van der Waals surface area contributed by atoms with E-state index in [0.717, 1.165) is 17.7 Å². The van der Waals surface area contributed by atoms with Gasteiger partial charge in [0.2, 0.25) is 0 Å². The molecule has 0 unspecified atom stereocenters. The zero-order valence-electron chi connectivity index (χ0n) is 12.2. The smallest absolute Gasteiger partial charge is 0.170 e. The van der Waals surface area contributed by atoms with Gasteiger partial charge in [-0.2, -0.15) is 5.10 Å². The SMILES string of the molecule is Cc1ccc(Cc2cc(C=O)nn2-c2ccc(Cl)cc2)cc1. The molecule has 2 aromatic carbocycles. The number of hydrogen-bond acceptors (Lipinski definition) is 2. The van der Waals surface area contributed by atoms with Crippen LogP contribution in [0.4, 0.5) is 0 Å². The van der Waals surface area contributed by atoms with Crippen molar-refractivity contribution in [2.24, 2.45) is 0 Å². The van der Waals surface area contributed by atoms with Crippen LogP contribution in [0.15, 0.2) is 54.6 Å². The highest BCUT2D eigenvalue weighted by Gasteiger charge is 2.10. The molecule has 0 N–H and O–H groups in total. The molecule has 22 heavy (non-hydrogen) atoms. The van der Waals surface area contributed by atoms with Crippen LogP contribution in [-0.2, 0) is 6.42 Å². The molecule has 0 aliphatic heterocycles. The molecule has 0 amide bonds. The van der Waals surface area contributed by atoms with Crippen LogP contribution in [0.1, 0.15) is 27.3 Å². The van der Waals surface area contributed by atoms with Crippen LogP contribution in [0.3, 0.4) is 0 Å². The van der Waals surface area contributed by atoms with Crippen molar-refractivity contribution < 1.29 is 4.79 Å². The third kappa shape index (κ3) is 3.10. The third-order valence-electron chi connectivity index (χ3n) is 3.50. The number of nitrogens with zero attached hydrogens (tertiary/aromatic N) is 2. The van der Waals surface area contributed by atoms with Crippen molar-refractivity contribution in [1.29, 1.82) is 0 Å². The Morgan fingerprint density at radius 3 is 2.41 bits per heavy atom. The molecule has 1 heterocycles. The molecule has 1 aromatic heterocycles. The Morgan fingerprint density at radius 2 is 1.77 bits per heavy atom. The number of aldehydes is 1. The van der Waals surface area contributed by atoms with E-state index in [1.54, 1.807) is 4.68 Å². The van der Waals surface area contributed by atoms with Crippen molar-refractivity contribution in [3.8, 4) is 5.69 Å². The van der Waals surface area contributed by atoms with Gasteiger partial charge >= 0.3 is 0 Å². The average molecular weight is 311 g/mol. The van der Waals surface area contributed by atoms with E-state index in [9.17, 15) is 4.79 Å². The van der Waals surface area contributed by atoms with Crippen molar-refractivity contribution >= 4 is 17.9 Å². The first kappa shape index (κ1) is 14.5. The zero-order valence-corrected chi connectivity index (χ0v) is 12.9. The summed E-state index contributed by atoms with van der Waals surface area (Å²) in [5.41, 5.74) is 4.69. The summed E-state index contributed by atoms with van der Waals surface area (Å²) >= 11 is 5.93. The molecule has 0 saturated carbocycles. The van der Waals surface area contributed by atoms with Gasteiger partial charge < -0.3 is 0 Å². The minimum atomic E-state index is 0.428. The maximum Gasteiger partial charge on any atom is 0.170 e. The lowest BCUT2D eigenvalue weighted by Gasteiger charge is -2.08. The summed E-state index contributed by atoms with van der Waals surface area (Å²) < 4.78 is 1.79. The van der Waals surface area contributed by atoms with Crippen LogP contribution in [0, 0.1) is 6.92 Å². The van der Waals surface area contributed by atoms with Gasteiger partial charge in [0.15, 0.2) is 6.29 Å². The molecule has 0 bridgehead atoms. The second-order valence-electron chi connectivity index (χ2n) is 5.23. The summed E-state index contributed by atoms with van der Waals surface area (Å²) in [7, 11) is 0. The lowest BCUT2D eigenvalue weighted by Crippen LogP contribution is -2.03. The summed E-state index contributed by atoms with van der Waals surface area (Å²) in [6.07, 6.45) is 1.48. The molecule has 0 aliphatic carbocycles. The molecule has 4 heteroatoms. The van der Waals surface area contributed by atoms with E-state index in [0.29, 0.717) is 17.1 Å². The predicted octanol–water partition coefficient (Wildman–Crippen LogP) is 4.24. The second-order valence-corrected chi connectivity index (χ2v) is 5.67. The summed E-state index contributed by atoms with van der Waals surface area (Å²) in [5, 5.41) is 5.02. The third-order valence-corrected chi connectivity index (χ3v) is 3.75. The van der Waals surface area contributed by atoms with Gasteiger partial charge in [-0.25, -0.2) is 4.68 Å². The lowest BCUT2D eigenvalue weighted by atomic mass is 10.1. The average Bonchev–Trinajstić information content (AvgIpc) is 2.93. The number of rotatable bonds is 4. The standard InChI is InChI=1S/C18H15ClN2O/c1-13-2-4-14(5-3-13)10-18-11-16(12-22)20-21(18)17-8-6-15(19)7-9-17/h2-9,11-12H,10H2,1H3. The van der Waals surface area contributed by atoms with Crippen LogP contribution in [0.5, 0.6) is 0 Å². The number of hydrogen-bond donors (Lipinski definition) is 0. The normalized spacial score (nSPS) is 10.6. The first-order valence-corrected chi connectivity index (χ1v) is 7.39. The van der Waals surface area contributed by atoms with Gasteiger partial charge in [-0.3, -0.25) is 4.79 Å². The molecule has 0 radical (unpaired) electrons. The van der Waals surface area contributed by atoms with Gasteiger partial charge in [0.1, 0.15) is 5.69 Å². The summed E-state index contributed by atoms with van der Waals surface area (Å²) in [6, 6.07) is 17.6. The Labute approximate surface area is 134 Å². The number of carbonyl (C=O) groups excluding carboxylic acids is 1. The minimum Gasteiger partial charge on any atom is -0.296 e. The predicted molar refractivity (Wildman–Crippen MR) is 87.9 cm³/mol. The summed E-state index contributed by atoms with van der Waals surface area (Å²) in [4.78, 5) is 11.1. The van der Waals surface area contributed by atoms with Crippen LogP contribution in [0.2, 0.25) is 5.02 Å². The minimum absolute atomic E-state index is 0.428. The molecule has 0 saturated heterocycles. The molecule has 0 atom stereocenters. The molecule has 0 aliphatic rings. The van der Waals surface area contributed by atoms with Gasteiger partial charge in [0, 0.05) is 17.1 Å². The quantitative estimate of drug-likeness (QED) is 0.676. The van der Waals surface area contributed by atoms with Crippen LogP contribution < -0.4 is 0 Å². The highest BCUT2D eigenvalue weighted by molar-refractivity contribution is 6.30. The summed E-state index contributed by atoms with van der Waals surface area (Å²) in [5.74, 6) is 0. The topological polar surface area (TPSA) is 34.9 Å². The molecular formula is C18H15ClN2O. The van der Waals surface area contributed by atoms with E-state index in [-0.39, 0.29) is 0 Å². The van der Waals surface area contributed by atoms with Crippen molar-refractivity contribution in [1.82, 2.24) is 9.78 Å². The van der Waals surface area contributed by atoms with Gasteiger partial charge in [0.05, 0.1) is 5.69 Å². The molecule has 3 rings (SSSR count). The maximum atomic E-state index is 11.1. The molecular weight excluding hydrogens is 296 g/mol. The number of halogens is 1. The first-order valence-electron chi connectivity index (χ1n) is 7.01. The first-order chi connectivity index (χ1) is 10.7. The number of aromatic nitrogens is 2. The van der Waals surface area contributed by atoms with E-state index in [1.807, 2.05) is 30.3 Å². The fourth-order valence-corrected chi connectivity index (χ4v) is 2.47. The Hall–Kier alpha value is -2.39.